The quantitative estimate of drug-likeness (QED) is 0.931. The van der Waals surface area contributed by atoms with Crippen LogP contribution in [0.5, 0.6) is 0 Å². The van der Waals surface area contributed by atoms with Crippen molar-refractivity contribution in [2.75, 3.05) is 6.61 Å². The minimum absolute atomic E-state index is 0.0573. The van der Waals surface area contributed by atoms with E-state index in [0.29, 0.717) is 5.25 Å². The molecule has 3 rings (SSSR count). The van der Waals surface area contributed by atoms with Crippen LogP contribution in [0.1, 0.15) is 50.6 Å². The summed E-state index contributed by atoms with van der Waals surface area (Å²) in [5.41, 5.74) is 1.03. The zero-order valence-electron chi connectivity index (χ0n) is 12.2. The van der Waals surface area contributed by atoms with Crippen molar-refractivity contribution in [1.29, 1.82) is 0 Å². The predicted molar refractivity (Wildman–Crippen MR) is 79.8 cm³/mol. The van der Waals surface area contributed by atoms with Gasteiger partial charge in [0.15, 0.2) is 5.16 Å². The molecule has 1 spiro atoms. The number of ether oxygens (including phenoxy) is 1. The molecule has 1 aromatic rings. The van der Waals surface area contributed by atoms with Gasteiger partial charge in [-0.2, -0.15) is 0 Å². The third-order valence-electron chi connectivity index (χ3n) is 4.69. The van der Waals surface area contributed by atoms with E-state index in [9.17, 15) is 5.11 Å². The Kier molecular flexibility index (Phi) is 4.38. The van der Waals surface area contributed by atoms with E-state index in [1.807, 2.05) is 23.4 Å². The largest absolute Gasteiger partial charge is 0.390 e. The Morgan fingerprint density at radius 2 is 2.25 bits per heavy atom. The van der Waals surface area contributed by atoms with Crippen LogP contribution in [0.25, 0.3) is 0 Å². The van der Waals surface area contributed by atoms with Crippen LogP contribution in [-0.4, -0.2) is 32.1 Å². The molecule has 112 valence electrons. The van der Waals surface area contributed by atoms with E-state index in [-0.39, 0.29) is 12.2 Å². The summed E-state index contributed by atoms with van der Waals surface area (Å²) in [6.45, 7) is 0.941. The number of hydrogen-bond donors (Lipinski definition) is 1. The van der Waals surface area contributed by atoms with Gasteiger partial charge in [0.25, 0.3) is 0 Å². The summed E-state index contributed by atoms with van der Waals surface area (Å²) in [6.07, 6.45) is 10.5. The Morgan fingerprint density at radius 3 is 2.95 bits per heavy atom. The summed E-state index contributed by atoms with van der Waals surface area (Å²) in [5.74, 6) is 0. The average Bonchev–Trinajstić information content (AvgIpc) is 2.80. The zero-order chi connectivity index (χ0) is 14.0. The van der Waals surface area contributed by atoms with Crippen LogP contribution in [0.3, 0.4) is 0 Å². The van der Waals surface area contributed by atoms with Gasteiger partial charge in [-0.1, -0.05) is 31.0 Å². The van der Waals surface area contributed by atoms with E-state index in [2.05, 4.69) is 4.98 Å². The smallest absolute Gasteiger partial charge is 0.168 e. The minimum atomic E-state index is 0.0573. The Morgan fingerprint density at radius 1 is 1.45 bits per heavy atom. The number of hydrogen-bond acceptors (Lipinski definition) is 4. The molecule has 0 radical (unpaired) electrons. The maximum absolute atomic E-state index is 9.25. The van der Waals surface area contributed by atoms with Crippen molar-refractivity contribution in [3.63, 3.8) is 0 Å². The van der Waals surface area contributed by atoms with Gasteiger partial charge < -0.3 is 14.4 Å². The van der Waals surface area contributed by atoms with Gasteiger partial charge in [-0.25, -0.2) is 4.98 Å². The number of imidazole rings is 1. The molecule has 0 aromatic carbocycles. The van der Waals surface area contributed by atoms with Gasteiger partial charge in [0.1, 0.15) is 0 Å². The SMILES string of the molecule is Cn1c(CO)cnc1SC1CCOC2(CCCCC2)C1. The molecular formula is C15H24N2O2S. The van der Waals surface area contributed by atoms with Crippen molar-refractivity contribution in [3.8, 4) is 0 Å². The normalized spacial score (nSPS) is 26.0. The number of rotatable bonds is 3. The van der Waals surface area contributed by atoms with Crippen molar-refractivity contribution in [1.82, 2.24) is 9.55 Å². The van der Waals surface area contributed by atoms with Crippen molar-refractivity contribution in [3.05, 3.63) is 11.9 Å². The summed E-state index contributed by atoms with van der Waals surface area (Å²) < 4.78 is 8.16. The summed E-state index contributed by atoms with van der Waals surface area (Å²) in [7, 11) is 1.98. The summed E-state index contributed by atoms with van der Waals surface area (Å²) in [4.78, 5) is 4.44. The molecule has 4 nitrogen and oxygen atoms in total. The Labute approximate surface area is 124 Å². The van der Waals surface area contributed by atoms with Crippen LogP contribution >= 0.6 is 11.8 Å². The lowest BCUT2D eigenvalue weighted by Crippen LogP contribution is -2.42. The van der Waals surface area contributed by atoms with Gasteiger partial charge in [0.05, 0.1) is 24.1 Å². The summed E-state index contributed by atoms with van der Waals surface area (Å²) >= 11 is 1.86. The maximum Gasteiger partial charge on any atom is 0.168 e. The fourth-order valence-electron chi connectivity index (χ4n) is 3.46. The van der Waals surface area contributed by atoms with Gasteiger partial charge in [-0.15, -0.1) is 0 Å². The molecule has 1 atom stereocenters. The highest BCUT2D eigenvalue weighted by molar-refractivity contribution is 7.99. The van der Waals surface area contributed by atoms with Crippen molar-refractivity contribution in [2.45, 2.75) is 67.6 Å². The molecule has 2 aliphatic rings. The third kappa shape index (κ3) is 2.90. The molecule has 2 fully saturated rings. The molecule has 1 aliphatic heterocycles. The van der Waals surface area contributed by atoms with E-state index in [0.717, 1.165) is 30.3 Å². The van der Waals surface area contributed by atoms with Crippen molar-refractivity contribution < 1.29 is 9.84 Å². The van der Waals surface area contributed by atoms with Crippen molar-refractivity contribution in [2.24, 2.45) is 7.05 Å². The predicted octanol–water partition coefficient (Wildman–Crippen LogP) is 2.89. The Hall–Kier alpha value is -0.520. The topological polar surface area (TPSA) is 47.3 Å². The van der Waals surface area contributed by atoms with Gasteiger partial charge in [-0.05, 0) is 25.7 Å². The molecule has 1 aliphatic carbocycles. The molecule has 2 heterocycles. The number of thioether (sulfide) groups is 1. The molecule has 1 saturated carbocycles. The van der Waals surface area contributed by atoms with Crippen LogP contribution in [0.2, 0.25) is 0 Å². The first-order valence-electron chi connectivity index (χ1n) is 7.64. The van der Waals surface area contributed by atoms with Crippen LogP contribution in [-0.2, 0) is 18.4 Å². The fraction of sp³-hybridized carbons (Fsp3) is 0.800. The third-order valence-corrected chi connectivity index (χ3v) is 6.01. The first-order valence-corrected chi connectivity index (χ1v) is 8.52. The molecule has 1 aromatic heterocycles. The molecular weight excluding hydrogens is 272 g/mol. The maximum atomic E-state index is 9.25. The van der Waals surface area contributed by atoms with Gasteiger partial charge in [0.2, 0.25) is 0 Å². The second-order valence-electron chi connectivity index (χ2n) is 6.07. The highest BCUT2D eigenvalue weighted by Gasteiger charge is 2.39. The number of nitrogens with zero attached hydrogens (tertiary/aromatic N) is 2. The van der Waals surface area contributed by atoms with Gasteiger partial charge in [-0.3, -0.25) is 0 Å². The second kappa shape index (κ2) is 6.08. The molecule has 1 unspecified atom stereocenters. The van der Waals surface area contributed by atoms with E-state index >= 15 is 0 Å². The lowest BCUT2D eigenvalue weighted by Gasteiger charge is -2.43. The summed E-state index contributed by atoms with van der Waals surface area (Å²) in [6, 6.07) is 0. The van der Waals surface area contributed by atoms with Crippen LogP contribution < -0.4 is 0 Å². The summed E-state index contributed by atoms with van der Waals surface area (Å²) in [5, 5.41) is 10.9. The monoisotopic (exact) mass is 296 g/mol. The molecule has 1 N–H and O–H groups in total. The van der Waals surface area contributed by atoms with E-state index < -0.39 is 0 Å². The molecule has 0 bridgehead atoms. The van der Waals surface area contributed by atoms with Gasteiger partial charge >= 0.3 is 0 Å². The van der Waals surface area contributed by atoms with E-state index in [4.69, 9.17) is 4.74 Å². The van der Waals surface area contributed by atoms with Gasteiger partial charge in [0, 0.05) is 18.9 Å². The number of aliphatic hydroxyl groups is 1. The number of aliphatic hydroxyl groups excluding tert-OH is 1. The standard InChI is InChI=1S/C15H24N2O2S/c1-17-12(11-18)10-16-14(17)20-13-5-8-19-15(9-13)6-3-2-4-7-15/h10,13,18H,2-9,11H2,1H3. The van der Waals surface area contributed by atoms with Crippen LogP contribution in [0, 0.1) is 0 Å². The average molecular weight is 296 g/mol. The molecule has 5 heteroatoms. The van der Waals surface area contributed by atoms with Crippen molar-refractivity contribution >= 4 is 11.8 Å². The lowest BCUT2D eigenvalue weighted by molar-refractivity contribution is -0.0971. The fourth-order valence-corrected chi connectivity index (χ4v) is 4.75. The van der Waals surface area contributed by atoms with E-state index in [1.54, 1.807) is 6.20 Å². The highest BCUT2D eigenvalue weighted by atomic mass is 32.2. The Balaban J connectivity index is 1.66. The van der Waals surface area contributed by atoms with Crippen LogP contribution in [0.15, 0.2) is 11.4 Å². The number of aromatic nitrogens is 2. The first kappa shape index (κ1) is 14.4. The van der Waals surface area contributed by atoms with Crippen LogP contribution in [0.4, 0.5) is 0 Å². The Bertz CT molecular complexity index is 449. The first-order chi connectivity index (χ1) is 9.72. The molecule has 1 saturated heterocycles. The second-order valence-corrected chi connectivity index (χ2v) is 7.34. The lowest BCUT2D eigenvalue weighted by atomic mass is 9.80. The molecule has 20 heavy (non-hydrogen) atoms. The minimum Gasteiger partial charge on any atom is -0.390 e. The van der Waals surface area contributed by atoms with E-state index in [1.165, 1.54) is 32.1 Å². The highest BCUT2D eigenvalue weighted by Crippen LogP contribution is 2.43. The molecule has 0 amide bonds. The zero-order valence-corrected chi connectivity index (χ0v) is 13.0.